The molecule has 1 N–H and O–H groups in total. The molecule has 0 aliphatic heterocycles. The maximum atomic E-state index is 13.4. The summed E-state index contributed by atoms with van der Waals surface area (Å²) in [4.78, 5) is 24.2. The van der Waals surface area contributed by atoms with Gasteiger partial charge in [-0.1, -0.05) is 18.2 Å². The lowest BCUT2D eigenvalue weighted by molar-refractivity contribution is 0.462. The van der Waals surface area contributed by atoms with E-state index < -0.39 is 0 Å². The number of aromatic nitrogens is 3. The van der Waals surface area contributed by atoms with Gasteiger partial charge in [-0.05, 0) is 54.7 Å². The molecular formula is C24H23FN4OS. The Bertz CT molecular complexity index is 1270. The van der Waals surface area contributed by atoms with Gasteiger partial charge >= 0.3 is 0 Å². The third kappa shape index (κ3) is 4.29. The number of aryl methyl sites for hydroxylation is 3. The van der Waals surface area contributed by atoms with Gasteiger partial charge in [0.25, 0.3) is 5.56 Å². The molecular weight excluding hydrogens is 411 g/mol. The van der Waals surface area contributed by atoms with E-state index in [1.54, 1.807) is 40.6 Å². The SMILES string of the molecule is O=c1c2c3c(sc2ncn1CCc1ccccn1)C[C@H](NCc1cccc(F)c1)CC3. The predicted octanol–water partition coefficient (Wildman–Crippen LogP) is 3.88. The van der Waals surface area contributed by atoms with E-state index in [1.165, 1.54) is 10.9 Å². The second-order valence-electron chi connectivity index (χ2n) is 7.95. The Labute approximate surface area is 183 Å². The van der Waals surface area contributed by atoms with Crippen molar-refractivity contribution in [3.63, 3.8) is 0 Å². The molecule has 4 aromatic rings. The van der Waals surface area contributed by atoms with Crippen LogP contribution in [0.2, 0.25) is 0 Å². The summed E-state index contributed by atoms with van der Waals surface area (Å²) in [7, 11) is 0. The number of hydrogen-bond acceptors (Lipinski definition) is 5. The predicted molar refractivity (Wildman–Crippen MR) is 121 cm³/mol. The molecule has 1 atom stereocenters. The van der Waals surface area contributed by atoms with Crippen LogP contribution in [0.15, 0.2) is 59.8 Å². The Morgan fingerprint density at radius 2 is 2.13 bits per heavy atom. The lowest BCUT2D eigenvalue weighted by Crippen LogP contribution is -2.33. The number of thiophene rings is 1. The van der Waals surface area contributed by atoms with Crippen molar-refractivity contribution in [3.8, 4) is 0 Å². The van der Waals surface area contributed by atoms with Crippen molar-refractivity contribution in [3.05, 3.63) is 92.9 Å². The summed E-state index contributed by atoms with van der Waals surface area (Å²) in [6.45, 7) is 1.21. The van der Waals surface area contributed by atoms with Crippen molar-refractivity contribution in [2.75, 3.05) is 0 Å². The van der Waals surface area contributed by atoms with Crippen LogP contribution in [-0.2, 0) is 32.4 Å². The first-order valence-corrected chi connectivity index (χ1v) is 11.4. The smallest absolute Gasteiger partial charge is 0.262 e. The Morgan fingerprint density at radius 1 is 1.19 bits per heavy atom. The van der Waals surface area contributed by atoms with Crippen molar-refractivity contribution in [1.29, 1.82) is 0 Å². The maximum Gasteiger partial charge on any atom is 0.262 e. The minimum Gasteiger partial charge on any atom is -0.310 e. The maximum absolute atomic E-state index is 13.4. The summed E-state index contributed by atoms with van der Waals surface area (Å²) in [5, 5.41) is 4.33. The fourth-order valence-electron chi connectivity index (χ4n) is 4.22. The van der Waals surface area contributed by atoms with Crippen LogP contribution in [0, 0.1) is 5.82 Å². The number of halogens is 1. The van der Waals surface area contributed by atoms with Crippen LogP contribution >= 0.6 is 11.3 Å². The molecule has 0 unspecified atom stereocenters. The first kappa shape index (κ1) is 20.0. The summed E-state index contributed by atoms with van der Waals surface area (Å²) < 4.78 is 15.1. The topological polar surface area (TPSA) is 59.8 Å². The zero-order valence-electron chi connectivity index (χ0n) is 17.1. The number of rotatable bonds is 6. The van der Waals surface area contributed by atoms with Crippen LogP contribution in [0.4, 0.5) is 4.39 Å². The molecule has 3 aromatic heterocycles. The molecule has 0 saturated heterocycles. The molecule has 0 spiro atoms. The molecule has 5 nitrogen and oxygen atoms in total. The number of nitrogens with one attached hydrogen (secondary N) is 1. The van der Waals surface area contributed by atoms with Gasteiger partial charge in [0, 0.05) is 42.3 Å². The summed E-state index contributed by atoms with van der Waals surface area (Å²) in [5.74, 6) is -0.208. The minimum absolute atomic E-state index is 0.0459. The largest absolute Gasteiger partial charge is 0.310 e. The molecule has 158 valence electrons. The van der Waals surface area contributed by atoms with Gasteiger partial charge < -0.3 is 5.32 Å². The van der Waals surface area contributed by atoms with Crippen molar-refractivity contribution in [1.82, 2.24) is 19.9 Å². The fourth-order valence-corrected chi connectivity index (χ4v) is 5.48. The third-order valence-corrected chi connectivity index (χ3v) is 7.02. The number of fused-ring (bicyclic) bond motifs is 3. The standard InChI is InChI=1S/C24H23FN4OS/c25-17-5-3-4-16(12-17)14-27-19-7-8-20-21(13-19)31-23-22(20)24(30)29(15-28-23)11-9-18-6-1-2-10-26-18/h1-6,10,12,15,19,27H,7-9,11,13-14H2/t19-/m1/s1. The Morgan fingerprint density at radius 3 is 2.97 bits per heavy atom. The highest BCUT2D eigenvalue weighted by Gasteiger charge is 2.25. The monoisotopic (exact) mass is 434 g/mol. The summed E-state index contributed by atoms with van der Waals surface area (Å²) in [5.41, 5.74) is 3.12. The van der Waals surface area contributed by atoms with Crippen molar-refractivity contribution >= 4 is 21.6 Å². The molecule has 1 aliphatic carbocycles. The summed E-state index contributed by atoms with van der Waals surface area (Å²) in [6.07, 6.45) is 6.82. The van der Waals surface area contributed by atoms with Gasteiger partial charge in [-0.25, -0.2) is 9.37 Å². The molecule has 3 heterocycles. The molecule has 1 aromatic carbocycles. The van der Waals surface area contributed by atoms with Crippen LogP contribution in [0.3, 0.4) is 0 Å². The van der Waals surface area contributed by atoms with Gasteiger partial charge in [-0.3, -0.25) is 14.3 Å². The molecule has 31 heavy (non-hydrogen) atoms. The van der Waals surface area contributed by atoms with Crippen molar-refractivity contribution in [2.24, 2.45) is 0 Å². The summed E-state index contributed by atoms with van der Waals surface area (Å²) in [6, 6.07) is 12.8. The Hall–Kier alpha value is -2.90. The molecule has 7 heteroatoms. The second kappa shape index (κ2) is 8.69. The number of pyridine rings is 1. The first-order valence-electron chi connectivity index (χ1n) is 10.5. The van der Waals surface area contributed by atoms with Gasteiger partial charge in [0.15, 0.2) is 0 Å². The van der Waals surface area contributed by atoms with Gasteiger partial charge in [-0.15, -0.1) is 11.3 Å². The van der Waals surface area contributed by atoms with E-state index in [4.69, 9.17) is 0 Å². The molecule has 0 fully saturated rings. The van der Waals surface area contributed by atoms with E-state index in [9.17, 15) is 9.18 Å². The van der Waals surface area contributed by atoms with Crippen molar-refractivity contribution in [2.45, 2.75) is 44.8 Å². The normalized spacial score (nSPS) is 15.8. The van der Waals surface area contributed by atoms with Crippen LogP contribution in [0.1, 0.15) is 28.1 Å². The van der Waals surface area contributed by atoms with Gasteiger partial charge in [0.1, 0.15) is 10.6 Å². The average molecular weight is 435 g/mol. The second-order valence-corrected chi connectivity index (χ2v) is 9.03. The molecule has 0 amide bonds. The molecule has 0 saturated carbocycles. The third-order valence-electron chi connectivity index (χ3n) is 5.85. The van der Waals surface area contributed by atoms with E-state index >= 15 is 0 Å². The van der Waals surface area contributed by atoms with E-state index in [1.807, 2.05) is 24.3 Å². The zero-order chi connectivity index (χ0) is 21.2. The fraction of sp³-hybridized carbons (Fsp3) is 0.292. The number of benzene rings is 1. The minimum atomic E-state index is -0.208. The number of nitrogens with zero attached hydrogens (tertiary/aromatic N) is 3. The highest BCUT2D eigenvalue weighted by molar-refractivity contribution is 7.18. The molecule has 0 radical (unpaired) electrons. The van der Waals surface area contributed by atoms with Crippen LogP contribution in [0.25, 0.3) is 10.2 Å². The van der Waals surface area contributed by atoms with E-state index in [0.29, 0.717) is 25.6 Å². The Kier molecular flexibility index (Phi) is 5.61. The molecule has 5 rings (SSSR count). The van der Waals surface area contributed by atoms with Crippen molar-refractivity contribution < 1.29 is 4.39 Å². The number of hydrogen-bond donors (Lipinski definition) is 1. The first-order chi connectivity index (χ1) is 15.2. The lowest BCUT2D eigenvalue weighted by Gasteiger charge is -2.23. The van der Waals surface area contributed by atoms with Gasteiger partial charge in [0.2, 0.25) is 0 Å². The quantitative estimate of drug-likeness (QED) is 0.500. The average Bonchev–Trinajstić information content (AvgIpc) is 3.16. The van der Waals surface area contributed by atoms with E-state index in [2.05, 4.69) is 15.3 Å². The Balaban J connectivity index is 1.32. The van der Waals surface area contributed by atoms with E-state index in [-0.39, 0.29) is 11.4 Å². The van der Waals surface area contributed by atoms with Gasteiger partial charge in [0.05, 0.1) is 11.7 Å². The highest BCUT2D eigenvalue weighted by Crippen LogP contribution is 2.33. The van der Waals surface area contributed by atoms with Crippen LogP contribution in [-0.4, -0.2) is 20.6 Å². The zero-order valence-corrected chi connectivity index (χ0v) is 17.9. The van der Waals surface area contributed by atoms with Crippen LogP contribution in [0.5, 0.6) is 0 Å². The molecule has 0 bridgehead atoms. The molecule has 1 aliphatic rings. The summed E-state index contributed by atoms with van der Waals surface area (Å²) >= 11 is 1.63. The van der Waals surface area contributed by atoms with Gasteiger partial charge in [-0.2, -0.15) is 0 Å². The van der Waals surface area contributed by atoms with E-state index in [0.717, 1.165) is 46.3 Å². The highest BCUT2D eigenvalue weighted by atomic mass is 32.1. The van der Waals surface area contributed by atoms with Crippen LogP contribution < -0.4 is 10.9 Å². The lowest BCUT2D eigenvalue weighted by atomic mass is 9.93.